The minimum Gasteiger partial charge on any atom is -0.493 e. The highest BCUT2D eigenvalue weighted by molar-refractivity contribution is 5.75. The average molecular weight is 506 g/mol. The first-order valence-corrected chi connectivity index (χ1v) is 12.1. The molecular weight excluding hydrogens is 474 g/mol. The Morgan fingerprint density at radius 2 is 1.84 bits per heavy atom. The molecule has 2 aromatic heterocycles. The van der Waals surface area contributed by atoms with Gasteiger partial charge in [0, 0.05) is 18.7 Å². The molecule has 0 amide bonds. The fraction of sp³-hybridized carbons (Fsp3) is 0.321. The van der Waals surface area contributed by atoms with Crippen LogP contribution in [0.5, 0.6) is 11.6 Å². The minimum atomic E-state index is -0.794. The van der Waals surface area contributed by atoms with Gasteiger partial charge in [-0.15, -0.1) is 4.74 Å². The fourth-order valence-corrected chi connectivity index (χ4v) is 4.22. The van der Waals surface area contributed by atoms with Gasteiger partial charge >= 0.3 is 11.4 Å². The lowest BCUT2D eigenvalue weighted by atomic mass is 9.90. The van der Waals surface area contributed by atoms with Crippen LogP contribution < -0.4 is 20.9 Å². The molecule has 0 spiro atoms. The standard InChI is InChI=1S/C28H31N3O6/c1-17-12-23(35-11-10-19(3)32)13-18(2)26(17)24-7-5-6-22(20(24)4)16-36-25-9-8-21(14-29-25)15-31-27(33)30-28(34)37-31/h5-9,12-14,19,32H,10-11,15-16H2,1-4H3,(H,30,33,34)/t19-/m0/s1. The van der Waals surface area contributed by atoms with E-state index in [-0.39, 0.29) is 12.6 Å². The smallest absolute Gasteiger partial charge is 0.440 e. The van der Waals surface area contributed by atoms with E-state index in [1.807, 2.05) is 29.2 Å². The third-order valence-corrected chi connectivity index (χ3v) is 6.15. The SMILES string of the molecule is Cc1cc(OCC[C@H](C)O)cc(C)c1-c1cccc(COc2ccc(Cn3oc(=O)[nH]c3=O)cn2)c1C. The second-order valence-corrected chi connectivity index (χ2v) is 9.15. The molecule has 9 nitrogen and oxygen atoms in total. The number of aliphatic hydroxyl groups excluding tert-OH is 1. The van der Waals surface area contributed by atoms with E-state index in [0.29, 0.717) is 31.1 Å². The first-order chi connectivity index (χ1) is 17.7. The Morgan fingerprint density at radius 3 is 2.46 bits per heavy atom. The summed E-state index contributed by atoms with van der Waals surface area (Å²) in [4.78, 5) is 29.1. The number of rotatable bonds is 10. The van der Waals surface area contributed by atoms with Gasteiger partial charge in [-0.2, -0.15) is 0 Å². The molecule has 0 bridgehead atoms. The van der Waals surface area contributed by atoms with Crippen LogP contribution in [0.2, 0.25) is 0 Å². The van der Waals surface area contributed by atoms with E-state index in [4.69, 9.17) is 14.0 Å². The molecule has 0 aliphatic carbocycles. The van der Waals surface area contributed by atoms with Gasteiger partial charge in [-0.3, -0.25) is 0 Å². The minimum absolute atomic E-state index is 0.0924. The van der Waals surface area contributed by atoms with Crippen LogP contribution in [0.1, 0.15) is 41.2 Å². The first-order valence-electron chi connectivity index (χ1n) is 12.1. The molecular formula is C28H31N3O6. The zero-order valence-corrected chi connectivity index (χ0v) is 21.4. The summed E-state index contributed by atoms with van der Waals surface area (Å²) in [5.41, 5.74) is 6.77. The van der Waals surface area contributed by atoms with Crippen LogP contribution in [-0.2, 0) is 13.2 Å². The van der Waals surface area contributed by atoms with Crippen LogP contribution in [0, 0.1) is 20.8 Å². The molecule has 2 heterocycles. The quantitative estimate of drug-likeness (QED) is 0.335. The number of nitrogens with zero attached hydrogens (tertiary/aromatic N) is 2. The summed E-state index contributed by atoms with van der Waals surface area (Å²) >= 11 is 0. The van der Waals surface area contributed by atoms with Crippen molar-refractivity contribution in [3.05, 3.63) is 97.5 Å². The van der Waals surface area contributed by atoms with Gasteiger partial charge in [0.1, 0.15) is 12.4 Å². The lowest BCUT2D eigenvalue weighted by Gasteiger charge is -2.18. The second kappa shape index (κ2) is 11.3. The second-order valence-electron chi connectivity index (χ2n) is 9.15. The van der Waals surface area contributed by atoms with E-state index in [1.54, 1.807) is 25.3 Å². The van der Waals surface area contributed by atoms with Gasteiger partial charge < -0.3 is 19.1 Å². The van der Waals surface area contributed by atoms with E-state index < -0.39 is 11.4 Å². The molecule has 0 fully saturated rings. The van der Waals surface area contributed by atoms with Crippen molar-refractivity contribution in [1.29, 1.82) is 0 Å². The van der Waals surface area contributed by atoms with Gasteiger partial charge in [0.2, 0.25) is 5.88 Å². The maximum atomic E-state index is 11.6. The first kappa shape index (κ1) is 26.0. The summed E-state index contributed by atoms with van der Waals surface area (Å²) in [6.45, 7) is 8.89. The van der Waals surface area contributed by atoms with Gasteiger partial charge in [-0.25, -0.2) is 19.6 Å². The lowest BCUT2D eigenvalue weighted by molar-refractivity contribution is 0.155. The molecule has 0 aliphatic rings. The molecule has 37 heavy (non-hydrogen) atoms. The van der Waals surface area contributed by atoms with Crippen LogP contribution in [-0.4, -0.2) is 32.5 Å². The topological polar surface area (TPSA) is 120 Å². The van der Waals surface area contributed by atoms with Crippen LogP contribution >= 0.6 is 0 Å². The summed E-state index contributed by atoms with van der Waals surface area (Å²) in [6.07, 6.45) is 1.78. The molecule has 0 saturated heterocycles. The number of nitrogens with one attached hydrogen (secondary N) is 1. The Bertz CT molecular complexity index is 1460. The highest BCUT2D eigenvalue weighted by Gasteiger charge is 2.14. The van der Waals surface area contributed by atoms with E-state index in [1.165, 1.54) is 0 Å². The molecule has 4 aromatic rings. The van der Waals surface area contributed by atoms with Gasteiger partial charge in [-0.1, -0.05) is 24.3 Å². The number of benzene rings is 2. The number of pyridine rings is 1. The average Bonchev–Trinajstić information content (AvgIpc) is 3.16. The van der Waals surface area contributed by atoms with Crippen molar-refractivity contribution in [2.75, 3.05) is 6.61 Å². The van der Waals surface area contributed by atoms with Crippen LogP contribution in [0.15, 0.2) is 62.8 Å². The van der Waals surface area contributed by atoms with Gasteiger partial charge in [0.05, 0.1) is 19.3 Å². The van der Waals surface area contributed by atoms with Crippen molar-refractivity contribution >= 4 is 0 Å². The number of hydrogen-bond acceptors (Lipinski definition) is 7. The molecule has 2 aromatic carbocycles. The number of aromatic nitrogens is 3. The van der Waals surface area contributed by atoms with E-state index >= 15 is 0 Å². The predicted molar refractivity (Wildman–Crippen MR) is 139 cm³/mol. The number of hydrogen-bond donors (Lipinski definition) is 2. The summed E-state index contributed by atoms with van der Waals surface area (Å²) < 4.78 is 17.5. The molecule has 0 radical (unpaired) electrons. The Labute approximate surface area is 214 Å². The largest absolute Gasteiger partial charge is 0.493 e. The number of H-pyrrole nitrogens is 1. The normalized spacial score (nSPS) is 11.9. The van der Waals surface area contributed by atoms with Gasteiger partial charge in [-0.05, 0) is 78.8 Å². The Morgan fingerprint density at radius 1 is 1.08 bits per heavy atom. The van der Waals surface area contributed by atoms with Crippen molar-refractivity contribution in [2.45, 2.75) is 53.4 Å². The summed E-state index contributed by atoms with van der Waals surface area (Å²) in [6, 6.07) is 13.7. The van der Waals surface area contributed by atoms with Crippen LogP contribution in [0.25, 0.3) is 11.1 Å². The fourth-order valence-electron chi connectivity index (χ4n) is 4.22. The maximum absolute atomic E-state index is 11.6. The third-order valence-electron chi connectivity index (χ3n) is 6.15. The van der Waals surface area contributed by atoms with E-state index in [0.717, 1.165) is 43.9 Å². The molecule has 1 atom stereocenters. The van der Waals surface area contributed by atoms with Crippen molar-refractivity contribution in [3.63, 3.8) is 0 Å². The van der Waals surface area contributed by atoms with Gasteiger partial charge in [0.25, 0.3) is 0 Å². The zero-order valence-electron chi connectivity index (χ0n) is 21.4. The number of ether oxygens (including phenoxy) is 2. The summed E-state index contributed by atoms with van der Waals surface area (Å²) in [5, 5.41) is 9.46. The predicted octanol–water partition coefficient (Wildman–Crippen LogP) is 3.89. The van der Waals surface area contributed by atoms with Gasteiger partial charge in [0.15, 0.2) is 0 Å². The molecule has 4 rings (SSSR count). The monoisotopic (exact) mass is 505 g/mol. The van der Waals surface area contributed by atoms with E-state index in [2.05, 4.69) is 31.8 Å². The van der Waals surface area contributed by atoms with Crippen molar-refractivity contribution in [2.24, 2.45) is 0 Å². The van der Waals surface area contributed by atoms with Crippen LogP contribution in [0.3, 0.4) is 0 Å². The number of aryl methyl sites for hydroxylation is 2. The van der Waals surface area contributed by atoms with Crippen LogP contribution in [0.4, 0.5) is 0 Å². The molecule has 0 unspecified atom stereocenters. The summed E-state index contributed by atoms with van der Waals surface area (Å²) in [5.74, 6) is 0.454. The molecule has 0 aliphatic heterocycles. The molecule has 194 valence electrons. The number of aliphatic hydroxyl groups is 1. The Hall–Kier alpha value is -4.11. The van der Waals surface area contributed by atoms with Crippen molar-refractivity contribution < 1.29 is 19.1 Å². The van der Waals surface area contributed by atoms with Crippen molar-refractivity contribution in [3.8, 4) is 22.8 Å². The molecule has 0 saturated carbocycles. The Balaban J connectivity index is 1.46. The maximum Gasteiger partial charge on any atom is 0.440 e. The summed E-state index contributed by atoms with van der Waals surface area (Å²) in [7, 11) is 0. The Kier molecular flexibility index (Phi) is 7.93. The third kappa shape index (κ3) is 6.37. The lowest BCUT2D eigenvalue weighted by Crippen LogP contribution is -2.17. The highest BCUT2D eigenvalue weighted by Crippen LogP contribution is 2.34. The van der Waals surface area contributed by atoms with Crippen molar-refractivity contribution in [1.82, 2.24) is 14.7 Å². The van der Waals surface area contributed by atoms with E-state index in [9.17, 15) is 14.7 Å². The zero-order chi connectivity index (χ0) is 26.5. The highest BCUT2D eigenvalue weighted by atomic mass is 16.5. The molecule has 2 N–H and O–H groups in total. The number of aromatic amines is 1. The molecule has 9 heteroatoms.